The maximum atomic E-state index is 3.67. The summed E-state index contributed by atoms with van der Waals surface area (Å²) in [5.74, 6) is 1.09. The fourth-order valence-corrected chi connectivity index (χ4v) is 3.73. The van der Waals surface area contributed by atoms with Gasteiger partial charge in [-0.05, 0) is 40.2 Å². The lowest BCUT2D eigenvalue weighted by atomic mass is 9.94. The molecule has 0 aliphatic carbocycles. The SMILES string of the molecule is CC(C)c1ccc(-c2[nH]c3ccccc3c2-c2ccc(C(C)C)cc2)cc1. The highest BCUT2D eigenvalue weighted by Crippen LogP contribution is 2.39. The molecule has 0 fully saturated rings. The molecule has 1 heteroatoms. The van der Waals surface area contributed by atoms with Gasteiger partial charge in [-0.1, -0.05) is 94.4 Å². The maximum absolute atomic E-state index is 3.67. The Hall–Kier alpha value is -2.80. The third kappa shape index (κ3) is 3.30. The van der Waals surface area contributed by atoms with Gasteiger partial charge >= 0.3 is 0 Å². The molecule has 0 atom stereocenters. The van der Waals surface area contributed by atoms with Gasteiger partial charge in [0.05, 0.1) is 5.69 Å². The lowest BCUT2D eigenvalue weighted by Gasteiger charge is -2.10. The molecule has 0 aliphatic heterocycles. The van der Waals surface area contributed by atoms with Crippen LogP contribution in [0.3, 0.4) is 0 Å². The first-order valence-corrected chi connectivity index (χ1v) is 9.86. The summed E-state index contributed by atoms with van der Waals surface area (Å²) >= 11 is 0. The Bertz CT molecular complexity index is 1050. The van der Waals surface area contributed by atoms with Crippen molar-refractivity contribution in [2.45, 2.75) is 39.5 Å². The first kappa shape index (κ1) is 17.6. The highest BCUT2D eigenvalue weighted by molar-refractivity contribution is 6.03. The molecular weight excluding hydrogens is 326 g/mol. The van der Waals surface area contributed by atoms with Crippen molar-refractivity contribution >= 4 is 10.9 Å². The van der Waals surface area contributed by atoms with Gasteiger partial charge in [0.1, 0.15) is 0 Å². The van der Waals surface area contributed by atoms with Crippen molar-refractivity contribution in [3.63, 3.8) is 0 Å². The molecular formula is C26H27N. The zero-order valence-electron chi connectivity index (χ0n) is 16.6. The summed E-state index contributed by atoms with van der Waals surface area (Å²) < 4.78 is 0. The van der Waals surface area contributed by atoms with Crippen LogP contribution in [0.15, 0.2) is 72.8 Å². The van der Waals surface area contributed by atoms with Crippen molar-refractivity contribution < 1.29 is 0 Å². The van der Waals surface area contributed by atoms with Gasteiger partial charge in [-0.15, -0.1) is 0 Å². The van der Waals surface area contributed by atoms with E-state index in [1.165, 1.54) is 44.4 Å². The van der Waals surface area contributed by atoms with Crippen molar-refractivity contribution in [2.75, 3.05) is 0 Å². The zero-order chi connectivity index (χ0) is 19.0. The predicted octanol–water partition coefficient (Wildman–Crippen LogP) is 7.75. The molecule has 0 spiro atoms. The van der Waals surface area contributed by atoms with Gasteiger partial charge in [-0.3, -0.25) is 0 Å². The van der Waals surface area contributed by atoms with E-state index >= 15 is 0 Å². The monoisotopic (exact) mass is 353 g/mol. The number of aromatic nitrogens is 1. The minimum Gasteiger partial charge on any atom is -0.354 e. The van der Waals surface area contributed by atoms with Gasteiger partial charge < -0.3 is 4.98 Å². The van der Waals surface area contributed by atoms with E-state index in [0.29, 0.717) is 11.8 Å². The molecule has 1 aromatic heterocycles. The van der Waals surface area contributed by atoms with E-state index in [1.807, 2.05) is 0 Å². The minimum absolute atomic E-state index is 0.546. The lowest BCUT2D eigenvalue weighted by molar-refractivity contribution is 0.867. The van der Waals surface area contributed by atoms with Crippen LogP contribution in [0.4, 0.5) is 0 Å². The number of para-hydroxylation sites is 1. The van der Waals surface area contributed by atoms with Crippen molar-refractivity contribution in [2.24, 2.45) is 0 Å². The van der Waals surface area contributed by atoms with Crippen LogP contribution in [0, 0.1) is 0 Å². The second-order valence-corrected chi connectivity index (χ2v) is 7.97. The quantitative estimate of drug-likeness (QED) is 0.386. The van der Waals surface area contributed by atoms with Crippen LogP contribution in [0.2, 0.25) is 0 Å². The first-order chi connectivity index (χ1) is 13.0. The van der Waals surface area contributed by atoms with Crippen LogP contribution in [0.25, 0.3) is 33.3 Å². The molecule has 27 heavy (non-hydrogen) atoms. The number of H-pyrrole nitrogens is 1. The van der Waals surface area contributed by atoms with Crippen LogP contribution in [0.5, 0.6) is 0 Å². The average molecular weight is 354 g/mol. The molecule has 0 bridgehead atoms. The third-order valence-corrected chi connectivity index (χ3v) is 5.44. The largest absolute Gasteiger partial charge is 0.354 e. The van der Waals surface area contributed by atoms with Crippen molar-refractivity contribution in [1.29, 1.82) is 0 Å². The number of aromatic amines is 1. The average Bonchev–Trinajstić information content (AvgIpc) is 3.07. The van der Waals surface area contributed by atoms with Crippen molar-refractivity contribution in [3.8, 4) is 22.4 Å². The van der Waals surface area contributed by atoms with Crippen LogP contribution in [-0.4, -0.2) is 4.98 Å². The Morgan fingerprint density at radius 2 is 1.11 bits per heavy atom. The molecule has 1 nitrogen and oxygen atoms in total. The second-order valence-electron chi connectivity index (χ2n) is 7.97. The molecule has 4 aromatic rings. The molecule has 1 N–H and O–H groups in total. The molecule has 0 amide bonds. The second kappa shape index (κ2) is 7.08. The number of nitrogens with one attached hydrogen (secondary N) is 1. The highest BCUT2D eigenvalue weighted by atomic mass is 14.7. The van der Waals surface area contributed by atoms with E-state index < -0.39 is 0 Å². The minimum atomic E-state index is 0.546. The fourth-order valence-electron chi connectivity index (χ4n) is 3.73. The van der Waals surface area contributed by atoms with Gasteiger partial charge in [0, 0.05) is 16.5 Å². The molecule has 4 rings (SSSR count). The Kier molecular flexibility index (Phi) is 4.61. The lowest BCUT2D eigenvalue weighted by Crippen LogP contribution is -1.89. The van der Waals surface area contributed by atoms with Gasteiger partial charge in [-0.25, -0.2) is 0 Å². The van der Waals surface area contributed by atoms with Gasteiger partial charge in [0.15, 0.2) is 0 Å². The predicted molar refractivity (Wildman–Crippen MR) is 117 cm³/mol. The topological polar surface area (TPSA) is 15.8 Å². The van der Waals surface area contributed by atoms with Crippen LogP contribution in [-0.2, 0) is 0 Å². The molecule has 136 valence electrons. The molecule has 0 radical (unpaired) electrons. The summed E-state index contributed by atoms with van der Waals surface area (Å²) in [6, 6.07) is 26.6. The van der Waals surface area contributed by atoms with Crippen LogP contribution in [0.1, 0.15) is 50.7 Å². The Labute approximate surface area is 162 Å². The van der Waals surface area contributed by atoms with E-state index in [4.69, 9.17) is 0 Å². The van der Waals surface area contributed by atoms with Crippen LogP contribution < -0.4 is 0 Å². The molecule has 1 heterocycles. The number of benzene rings is 3. The zero-order valence-corrected chi connectivity index (χ0v) is 16.6. The molecule has 3 aromatic carbocycles. The van der Waals surface area contributed by atoms with Gasteiger partial charge in [0.2, 0.25) is 0 Å². The van der Waals surface area contributed by atoms with Crippen molar-refractivity contribution in [3.05, 3.63) is 83.9 Å². The summed E-state index contributed by atoms with van der Waals surface area (Å²) in [5, 5.41) is 1.28. The summed E-state index contributed by atoms with van der Waals surface area (Å²) in [6.45, 7) is 8.95. The third-order valence-electron chi connectivity index (χ3n) is 5.44. The number of hydrogen-bond donors (Lipinski definition) is 1. The van der Waals surface area contributed by atoms with E-state index in [9.17, 15) is 0 Å². The van der Waals surface area contributed by atoms with Gasteiger partial charge in [0.25, 0.3) is 0 Å². The first-order valence-electron chi connectivity index (χ1n) is 9.86. The molecule has 0 unspecified atom stereocenters. The summed E-state index contributed by atoms with van der Waals surface area (Å²) in [5.41, 5.74) is 8.92. The Balaban J connectivity index is 1.89. The van der Waals surface area contributed by atoms with Crippen LogP contribution >= 0.6 is 0 Å². The van der Waals surface area contributed by atoms with E-state index in [-0.39, 0.29) is 0 Å². The smallest absolute Gasteiger partial charge is 0.0544 e. The number of rotatable bonds is 4. The van der Waals surface area contributed by atoms with Gasteiger partial charge in [-0.2, -0.15) is 0 Å². The maximum Gasteiger partial charge on any atom is 0.0544 e. The fraction of sp³-hybridized carbons (Fsp3) is 0.231. The van der Waals surface area contributed by atoms with E-state index in [2.05, 4.69) is 105 Å². The number of fused-ring (bicyclic) bond motifs is 1. The normalized spacial score (nSPS) is 11.6. The highest BCUT2D eigenvalue weighted by Gasteiger charge is 2.15. The van der Waals surface area contributed by atoms with E-state index in [1.54, 1.807) is 0 Å². The molecule has 0 saturated heterocycles. The molecule has 0 saturated carbocycles. The molecule has 0 aliphatic rings. The van der Waals surface area contributed by atoms with Crippen molar-refractivity contribution in [1.82, 2.24) is 4.98 Å². The summed E-state index contributed by atoms with van der Waals surface area (Å²) in [6.07, 6.45) is 0. The standard InChI is InChI=1S/C26H27N/c1-17(2)19-9-13-21(14-10-19)25-23-7-5-6-8-24(23)27-26(25)22-15-11-20(12-16-22)18(3)4/h5-18,27H,1-4H3. The Morgan fingerprint density at radius 3 is 1.67 bits per heavy atom. The number of hydrogen-bond acceptors (Lipinski definition) is 0. The summed E-state index contributed by atoms with van der Waals surface area (Å²) in [7, 11) is 0. The Morgan fingerprint density at radius 1 is 0.593 bits per heavy atom. The summed E-state index contributed by atoms with van der Waals surface area (Å²) in [4.78, 5) is 3.67. The van der Waals surface area contributed by atoms with E-state index in [0.717, 1.165) is 0 Å².